The summed E-state index contributed by atoms with van der Waals surface area (Å²) in [6.45, 7) is 3.21. The summed E-state index contributed by atoms with van der Waals surface area (Å²) < 4.78 is 0. The van der Waals surface area contributed by atoms with E-state index < -0.39 is 5.60 Å². The number of hydrogen-bond acceptors (Lipinski definition) is 2. The number of halogens is 1. The summed E-state index contributed by atoms with van der Waals surface area (Å²) in [6, 6.07) is 0. The number of Topliss-reactive ketones (excluding diaryl/α,β-unsaturated/α-hetero) is 1. The Morgan fingerprint density at radius 1 is 1.78 bits per heavy atom. The van der Waals surface area contributed by atoms with Gasteiger partial charge in [-0.15, -0.1) is 11.6 Å². The molecule has 2 nitrogen and oxygen atoms in total. The molecule has 0 bridgehead atoms. The van der Waals surface area contributed by atoms with Crippen LogP contribution in [0.5, 0.6) is 0 Å². The maximum atomic E-state index is 10.7. The normalized spacial score (nSPS) is 16.9. The SMILES string of the molecule is CCC(C)(O)C(=O)CCl. The lowest BCUT2D eigenvalue weighted by Gasteiger charge is -2.17. The molecule has 1 N–H and O–H groups in total. The van der Waals surface area contributed by atoms with Crippen LogP contribution in [0, 0.1) is 0 Å². The third kappa shape index (κ3) is 2.33. The minimum Gasteiger partial charge on any atom is -0.382 e. The number of carbonyl (C=O) groups is 1. The standard InChI is InChI=1S/C6H11ClO2/c1-3-6(2,9)5(8)4-7/h9H,3-4H2,1-2H3. The molecule has 0 fully saturated rings. The second-order valence-electron chi connectivity index (χ2n) is 2.18. The molecule has 0 aromatic carbocycles. The molecule has 0 aliphatic rings. The van der Waals surface area contributed by atoms with Gasteiger partial charge in [0.2, 0.25) is 0 Å². The molecule has 0 saturated heterocycles. The van der Waals surface area contributed by atoms with Gasteiger partial charge in [-0.1, -0.05) is 6.92 Å². The van der Waals surface area contributed by atoms with Crippen molar-refractivity contribution in [3.05, 3.63) is 0 Å². The third-order valence-electron chi connectivity index (χ3n) is 1.41. The maximum Gasteiger partial charge on any atom is 0.178 e. The number of ketones is 1. The lowest BCUT2D eigenvalue weighted by atomic mass is 9.99. The lowest BCUT2D eigenvalue weighted by Crippen LogP contribution is -2.35. The summed E-state index contributed by atoms with van der Waals surface area (Å²) in [5.41, 5.74) is -1.22. The van der Waals surface area contributed by atoms with Crippen molar-refractivity contribution in [2.45, 2.75) is 25.9 Å². The zero-order chi connectivity index (χ0) is 7.49. The van der Waals surface area contributed by atoms with E-state index in [0.29, 0.717) is 6.42 Å². The molecule has 0 amide bonds. The van der Waals surface area contributed by atoms with Gasteiger partial charge in [-0.05, 0) is 13.3 Å². The monoisotopic (exact) mass is 150 g/mol. The molecule has 1 atom stereocenters. The Kier molecular flexibility index (Phi) is 3.15. The Balaban J connectivity index is 3.97. The quantitative estimate of drug-likeness (QED) is 0.609. The van der Waals surface area contributed by atoms with Gasteiger partial charge in [-0.2, -0.15) is 0 Å². The van der Waals surface area contributed by atoms with E-state index in [9.17, 15) is 4.79 Å². The second kappa shape index (κ2) is 3.18. The average molecular weight is 151 g/mol. The fourth-order valence-corrected chi connectivity index (χ4v) is 0.629. The van der Waals surface area contributed by atoms with Crippen molar-refractivity contribution < 1.29 is 9.90 Å². The second-order valence-corrected chi connectivity index (χ2v) is 2.45. The Morgan fingerprint density at radius 2 is 2.22 bits per heavy atom. The van der Waals surface area contributed by atoms with E-state index in [4.69, 9.17) is 16.7 Å². The largest absolute Gasteiger partial charge is 0.382 e. The molecule has 0 aromatic rings. The number of rotatable bonds is 3. The first kappa shape index (κ1) is 8.92. The van der Waals surface area contributed by atoms with Crippen LogP contribution in [0.25, 0.3) is 0 Å². The first-order valence-electron chi connectivity index (χ1n) is 2.86. The first-order valence-corrected chi connectivity index (χ1v) is 3.39. The van der Waals surface area contributed by atoms with E-state index in [2.05, 4.69) is 0 Å². The summed E-state index contributed by atoms with van der Waals surface area (Å²) in [7, 11) is 0. The number of carbonyl (C=O) groups excluding carboxylic acids is 1. The molecule has 3 heteroatoms. The highest BCUT2D eigenvalue weighted by atomic mass is 35.5. The van der Waals surface area contributed by atoms with E-state index in [1.807, 2.05) is 0 Å². The van der Waals surface area contributed by atoms with Gasteiger partial charge < -0.3 is 5.11 Å². The fraction of sp³-hybridized carbons (Fsp3) is 0.833. The van der Waals surface area contributed by atoms with E-state index in [-0.39, 0.29) is 11.7 Å². The molecule has 1 unspecified atom stereocenters. The summed E-state index contributed by atoms with van der Waals surface area (Å²) in [4.78, 5) is 10.7. The van der Waals surface area contributed by atoms with Gasteiger partial charge in [0.05, 0.1) is 5.88 Å². The van der Waals surface area contributed by atoms with Gasteiger partial charge in [0, 0.05) is 0 Å². The molecule has 0 spiro atoms. The molecule has 0 radical (unpaired) electrons. The minimum atomic E-state index is -1.22. The topological polar surface area (TPSA) is 37.3 Å². The van der Waals surface area contributed by atoms with Gasteiger partial charge >= 0.3 is 0 Å². The van der Waals surface area contributed by atoms with E-state index in [1.54, 1.807) is 6.92 Å². The molecular formula is C6H11ClO2. The number of alkyl halides is 1. The molecular weight excluding hydrogens is 140 g/mol. The molecule has 0 saturated carbocycles. The Labute approximate surface area is 59.8 Å². The van der Waals surface area contributed by atoms with Crippen LogP contribution in [-0.4, -0.2) is 22.4 Å². The van der Waals surface area contributed by atoms with Crippen LogP contribution in [0.2, 0.25) is 0 Å². The number of hydrogen-bond donors (Lipinski definition) is 1. The smallest absolute Gasteiger partial charge is 0.178 e. The van der Waals surface area contributed by atoms with Crippen LogP contribution in [-0.2, 0) is 4.79 Å². The van der Waals surface area contributed by atoms with Crippen molar-refractivity contribution >= 4 is 17.4 Å². The summed E-state index contributed by atoms with van der Waals surface area (Å²) in [5.74, 6) is -0.424. The maximum absolute atomic E-state index is 10.7. The highest BCUT2D eigenvalue weighted by Gasteiger charge is 2.25. The molecule has 0 aromatic heterocycles. The van der Waals surface area contributed by atoms with Gasteiger partial charge in [-0.25, -0.2) is 0 Å². The van der Waals surface area contributed by atoms with Crippen molar-refractivity contribution in [3.8, 4) is 0 Å². The minimum absolute atomic E-state index is 0.110. The predicted octanol–water partition coefficient (Wildman–Crippen LogP) is 0.955. The summed E-state index contributed by atoms with van der Waals surface area (Å²) in [6.07, 6.45) is 0.415. The van der Waals surface area contributed by atoms with Gasteiger partial charge in [0.1, 0.15) is 5.60 Å². The van der Waals surface area contributed by atoms with Crippen LogP contribution in [0.1, 0.15) is 20.3 Å². The Morgan fingerprint density at radius 3 is 2.33 bits per heavy atom. The van der Waals surface area contributed by atoms with Crippen molar-refractivity contribution in [2.24, 2.45) is 0 Å². The van der Waals surface area contributed by atoms with E-state index in [0.717, 1.165) is 0 Å². The fourth-order valence-electron chi connectivity index (χ4n) is 0.341. The number of aliphatic hydroxyl groups is 1. The summed E-state index contributed by atoms with van der Waals surface area (Å²) >= 11 is 5.21. The Hall–Kier alpha value is -0.0800. The van der Waals surface area contributed by atoms with E-state index >= 15 is 0 Å². The van der Waals surface area contributed by atoms with Crippen molar-refractivity contribution in [1.29, 1.82) is 0 Å². The van der Waals surface area contributed by atoms with Crippen LogP contribution in [0.4, 0.5) is 0 Å². The van der Waals surface area contributed by atoms with Gasteiger partial charge in [0.25, 0.3) is 0 Å². The van der Waals surface area contributed by atoms with Crippen LogP contribution >= 0.6 is 11.6 Å². The highest BCUT2D eigenvalue weighted by Crippen LogP contribution is 2.09. The molecule has 0 aliphatic carbocycles. The summed E-state index contributed by atoms with van der Waals surface area (Å²) in [5, 5.41) is 9.16. The Bertz CT molecular complexity index is 110. The van der Waals surface area contributed by atoms with Crippen molar-refractivity contribution in [1.82, 2.24) is 0 Å². The van der Waals surface area contributed by atoms with E-state index in [1.165, 1.54) is 6.92 Å². The molecule has 0 rings (SSSR count). The molecule has 9 heavy (non-hydrogen) atoms. The highest BCUT2D eigenvalue weighted by molar-refractivity contribution is 6.28. The zero-order valence-corrected chi connectivity index (χ0v) is 6.40. The van der Waals surface area contributed by atoms with Crippen LogP contribution < -0.4 is 0 Å². The van der Waals surface area contributed by atoms with Crippen molar-refractivity contribution in [2.75, 3.05) is 5.88 Å². The van der Waals surface area contributed by atoms with Crippen LogP contribution in [0.3, 0.4) is 0 Å². The molecule has 54 valence electrons. The first-order chi connectivity index (χ1) is 4.04. The molecule has 0 heterocycles. The molecule has 0 aliphatic heterocycles. The average Bonchev–Trinajstić information content (AvgIpc) is 1.86. The predicted molar refractivity (Wildman–Crippen MR) is 36.6 cm³/mol. The van der Waals surface area contributed by atoms with Crippen LogP contribution in [0.15, 0.2) is 0 Å². The zero-order valence-electron chi connectivity index (χ0n) is 5.65. The van der Waals surface area contributed by atoms with Gasteiger partial charge in [0.15, 0.2) is 5.78 Å². The lowest BCUT2D eigenvalue weighted by molar-refractivity contribution is -0.133. The third-order valence-corrected chi connectivity index (χ3v) is 1.65. The van der Waals surface area contributed by atoms with Gasteiger partial charge in [-0.3, -0.25) is 4.79 Å². The van der Waals surface area contributed by atoms with Crippen molar-refractivity contribution in [3.63, 3.8) is 0 Å².